The molecule has 4 atom stereocenters. The van der Waals surface area contributed by atoms with Crippen molar-refractivity contribution < 1.29 is 27.9 Å². The number of hydrogen-bond donors (Lipinski definition) is 2. The van der Waals surface area contributed by atoms with E-state index in [0.717, 1.165) is 0 Å². The maximum absolute atomic E-state index is 13.4. The van der Waals surface area contributed by atoms with E-state index in [2.05, 4.69) is 14.8 Å². The van der Waals surface area contributed by atoms with E-state index in [1.54, 1.807) is 31.2 Å². The quantitative estimate of drug-likeness (QED) is 0.302. The number of aryl methyl sites for hydroxylation is 1. The van der Waals surface area contributed by atoms with Crippen molar-refractivity contribution >= 4 is 25.3 Å². The number of esters is 1. The van der Waals surface area contributed by atoms with Gasteiger partial charge in [0.05, 0.1) is 13.7 Å². The lowest BCUT2D eigenvalue weighted by molar-refractivity contribution is -0.142. The number of aromatic amines is 1. The maximum atomic E-state index is 13.4. The smallest absolute Gasteiger partial charge is 0.459 e. The highest BCUT2D eigenvalue weighted by atomic mass is 35.5. The van der Waals surface area contributed by atoms with Crippen LogP contribution in [0.4, 0.5) is 0 Å². The van der Waals surface area contributed by atoms with Crippen molar-refractivity contribution in [3.05, 3.63) is 74.0 Å². The first-order chi connectivity index (χ1) is 15.6. The molecule has 1 aromatic carbocycles. The Hall–Kier alpha value is -2.69. The summed E-state index contributed by atoms with van der Waals surface area (Å²) in [6, 6.07) is 5.08. The molecule has 0 amide bonds. The van der Waals surface area contributed by atoms with Crippen molar-refractivity contribution in [2.75, 3.05) is 13.7 Å². The Labute approximate surface area is 193 Å². The van der Waals surface area contributed by atoms with Crippen LogP contribution >= 0.6 is 19.3 Å². The number of nitrogens with zero attached hydrogens (tertiary/aromatic N) is 1. The second-order valence-electron chi connectivity index (χ2n) is 7.14. The van der Waals surface area contributed by atoms with Gasteiger partial charge in [0.1, 0.15) is 17.9 Å². The molecule has 3 rings (SSSR count). The SMILES string of the molecule is COC(=O)[C@H](C)NP(=O)(OCC1C=CC(n2cc(C)c(=O)[nH]c2=O)O1)Oc1ccc(Cl)cc1. The minimum atomic E-state index is -4.07. The number of aromatic nitrogens is 2. The minimum Gasteiger partial charge on any atom is -0.468 e. The number of H-pyrrole nitrogens is 1. The highest BCUT2D eigenvalue weighted by molar-refractivity contribution is 7.52. The third-order valence-corrected chi connectivity index (χ3v) is 6.47. The molecule has 2 heterocycles. The summed E-state index contributed by atoms with van der Waals surface area (Å²) in [5.41, 5.74) is -0.774. The van der Waals surface area contributed by atoms with Gasteiger partial charge in [-0.2, -0.15) is 5.09 Å². The van der Waals surface area contributed by atoms with Gasteiger partial charge in [0.25, 0.3) is 5.56 Å². The molecule has 0 saturated carbocycles. The second kappa shape index (κ2) is 10.5. The number of hydrogen-bond acceptors (Lipinski definition) is 8. The van der Waals surface area contributed by atoms with Crippen LogP contribution in [-0.4, -0.2) is 41.4 Å². The molecule has 2 N–H and O–H groups in total. The van der Waals surface area contributed by atoms with Crippen LogP contribution in [0.1, 0.15) is 18.7 Å². The standard InChI is InChI=1S/C20H23ClN3O8P/c1-12-10-24(20(27)22-18(12)25)17-9-8-16(31-17)11-30-33(28,23-13(2)19(26)29-3)32-15-6-4-14(21)5-7-15/h4-10,13,16-17H,11H2,1-3H3,(H,23,28)(H,22,25,27)/t13-,16?,17?,33?/m0/s1. The first kappa shape index (κ1) is 24.9. The lowest BCUT2D eigenvalue weighted by atomic mass is 10.3. The van der Waals surface area contributed by atoms with E-state index in [1.807, 2.05) is 0 Å². The van der Waals surface area contributed by atoms with Crippen molar-refractivity contribution in [2.45, 2.75) is 32.2 Å². The van der Waals surface area contributed by atoms with Crippen LogP contribution in [0.2, 0.25) is 5.02 Å². The van der Waals surface area contributed by atoms with Gasteiger partial charge in [-0.25, -0.2) is 9.36 Å². The normalized spacial score (nSPS) is 20.2. The van der Waals surface area contributed by atoms with Crippen LogP contribution in [0.5, 0.6) is 5.75 Å². The molecule has 3 unspecified atom stereocenters. The predicted octanol–water partition coefficient (Wildman–Crippen LogP) is 2.31. The van der Waals surface area contributed by atoms with Crippen LogP contribution in [0.3, 0.4) is 0 Å². The van der Waals surface area contributed by atoms with E-state index in [1.165, 1.54) is 36.9 Å². The summed E-state index contributed by atoms with van der Waals surface area (Å²) in [6.45, 7) is 2.78. The van der Waals surface area contributed by atoms with E-state index >= 15 is 0 Å². The molecule has 1 aliphatic heterocycles. The Morgan fingerprint density at radius 2 is 2.00 bits per heavy atom. The van der Waals surface area contributed by atoms with Gasteiger partial charge < -0.3 is 14.0 Å². The number of nitrogens with one attached hydrogen (secondary N) is 2. The first-order valence-corrected chi connectivity index (χ1v) is 11.7. The number of carbonyl (C=O) groups excluding carboxylic acids is 1. The molecular weight excluding hydrogens is 477 g/mol. The molecule has 178 valence electrons. The second-order valence-corrected chi connectivity index (χ2v) is 9.27. The number of methoxy groups -OCH3 is 1. The molecule has 0 bridgehead atoms. The van der Waals surface area contributed by atoms with Gasteiger partial charge in [-0.05, 0) is 44.2 Å². The molecule has 0 fully saturated rings. The van der Waals surface area contributed by atoms with E-state index in [9.17, 15) is 18.9 Å². The summed E-state index contributed by atoms with van der Waals surface area (Å²) in [7, 11) is -2.87. The molecule has 2 aromatic rings. The van der Waals surface area contributed by atoms with Gasteiger partial charge in [-0.1, -0.05) is 17.7 Å². The molecular formula is C20H23ClN3O8P. The zero-order chi connectivity index (χ0) is 24.2. The maximum Gasteiger partial charge on any atom is 0.459 e. The number of rotatable bonds is 9. The predicted molar refractivity (Wildman–Crippen MR) is 119 cm³/mol. The van der Waals surface area contributed by atoms with E-state index in [4.69, 9.17) is 25.4 Å². The third kappa shape index (κ3) is 6.43. The Balaban J connectivity index is 1.71. The highest BCUT2D eigenvalue weighted by Gasteiger charge is 2.34. The van der Waals surface area contributed by atoms with Gasteiger partial charge in [0.2, 0.25) is 0 Å². The summed E-state index contributed by atoms with van der Waals surface area (Å²) < 4.78 is 36.0. The van der Waals surface area contributed by atoms with Gasteiger partial charge >= 0.3 is 19.4 Å². The number of carbonyl (C=O) groups is 1. The minimum absolute atomic E-state index is 0.198. The number of ether oxygens (including phenoxy) is 2. The van der Waals surface area contributed by atoms with Crippen molar-refractivity contribution in [1.82, 2.24) is 14.6 Å². The van der Waals surface area contributed by atoms with Crippen LogP contribution in [0.25, 0.3) is 0 Å². The first-order valence-electron chi connectivity index (χ1n) is 9.81. The lowest BCUT2D eigenvalue weighted by Gasteiger charge is -2.24. The van der Waals surface area contributed by atoms with Crippen LogP contribution in [-0.2, 0) is 23.4 Å². The van der Waals surface area contributed by atoms with Crippen molar-refractivity contribution in [3.63, 3.8) is 0 Å². The zero-order valence-corrected chi connectivity index (χ0v) is 19.7. The summed E-state index contributed by atoms with van der Waals surface area (Å²) in [4.78, 5) is 37.7. The number of halogens is 1. The van der Waals surface area contributed by atoms with Gasteiger partial charge in [-0.3, -0.25) is 23.7 Å². The van der Waals surface area contributed by atoms with Crippen molar-refractivity contribution in [3.8, 4) is 5.75 Å². The third-order valence-electron chi connectivity index (χ3n) is 4.58. The van der Waals surface area contributed by atoms with Gasteiger partial charge in [0.15, 0.2) is 6.23 Å². The fourth-order valence-electron chi connectivity index (χ4n) is 2.88. The molecule has 0 saturated heterocycles. The van der Waals surface area contributed by atoms with Crippen LogP contribution in [0.15, 0.2) is 52.2 Å². The summed E-state index contributed by atoms with van der Waals surface area (Å²) in [5.74, 6) is -0.466. The van der Waals surface area contributed by atoms with Crippen molar-refractivity contribution in [1.29, 1.82) is 0 Å². The van der Waals surface area contributed by atoms with E-state index in [0.29, 0.717) is 10.6 Å². The Morgan fingerprint density at radius 3 is 2.67 bits per heavy atom. The summed E-state index contributed by atoms with van der Waals surface area (Å²) in [6.07, 6.45) is 3.12. The van der Waals surface area contributed by atoms with E-state index < -0.39 is 43.3 Å². The largest absolute Gasteiger partial charge is 0.468 e. The Kier molecular flexibility index (Phi) is 7.93. The molecule has 33 heavy (non-hydrogen) atoms. The molecule has 1 aliphatic rings. The topological polar surface area (TPSA) is 138 Å². The summed E-state index contributed by atoms with van der Waals surface area (Å²) in [5, 5.41) is 2.98. The fourth-order valence-corrected chi connectivity index (χ4v) is 4.51. The highest BCUT2D eigenvalue weighted by Crippen LogP contribution is 2.45. The van der Waals surface area contributed by atoms with E-state index in [-0.39, 0.29) is 12.4 Å². The molecule has 0 aliphatic carbocycles. The van der Waals surface area contributed by atoms with Gasteiger partial charge in [-0.15, -0.1) is 0 Å². The number of benzene rings is 1. The molecule has 1 aromatic heterocycles. The zero-order valence-electron chi connectivity index (χ0n) is 18.0. The van der Waals surface area contributed by atoms with Crippen molar-refractivity contribution in [2.24, 2.45) is 0 Å². The Bertz CT molecular complexity index is 1190. The Morgan fingerprint density at radius 1 is 1.30 bits per heavy atom. The average Bonchev–Trinajstić information content (AvgIpc) is 3.25. The average molecular weight is 500 g/mol. The molecule has 11 nitrogen and oxygen atoms in total. The van der Waals surface area contributed by atoms with Gasteiger partial charge in [0, 0.05) is 16.8 Å². The molecule has 0 radical (unpaired) electrons. The van der Waals surface area contributed by atoms with Crippen LogP contribution in [0, 0.1) is 6.92 Å². The summed E-state index contributed by atoms with van der Waals surface area (Å²) >= 11 is 5.87. The monoisotopic (exact) mass is 499 g/mol. The fraction of sp³-hybridized carbons (Fsp3) is 0.350. The van der Waals surface area contributed by atoms with Crippen LogP contribution < -0.4 is 20.9 Å². The lowest BCUT2D eigenvalue weighted by Crippen LogP contribution is -2.35. The molecule has 0 spiro atoms. The molecule has 13 heteroatoms.